The molecule has 29 heavy (non-hydrogen) atoms. The van der Waals surface area contributed by atoms with Gasteiger partial charge < -0.3 is 15.0 Å². The number of anilines is 2. The lowest BCUT2D eigenvalue weighted by Gasteiger charge is -2.22. The molecule has 9 heteroatoms. The van der Waals surface area contributed by atoms with Crippen molar-refractivity contribution in [2.24, 2.45) is 5.14 Å². The van der Waals surface area contributed by atoms with Crippen LogP contribution in [-0.4, -0.2) is 34.0 Å². The molecule has 8 nitrogen and oxygen atoms in total. The fourth-order valence-electron chi connectivity index (χ4n) is 2.78. The van der Waals surface area contributed by atoms with Gasteiger partial charge >= 0.3 is 0 Å². The SMILES string of the molecule is C=C(/C=c1/ncc(NC)c(N(C=O)Cc2ccc(S(N)(=O)=O)cc2)/c1=C/C)OC. The molecule has 0 aliphatic rings. The molecule has 0 saturated carbocycles. The highest BCUT2D eigenvalue weighted by molar-refractivity contribution is 7.89. The number of nitrogens with zero attached hydrogens (tertiary/aromatic N) is 2. The van der Waals surface area contributed by atoms with E-state index in [1.165, 1.54) is 24.1 Å². The van der Waals surface area contributed by atoms with Crippen LogP contribution in [0.15, 0.2) is 47.7 Å². The third-order valence-electron chi connectivity index (χ3n) is 4.26. The van der Waals surface area contributed by atoms with Crippen molar-refractivity contribution in [2.75, 3.05) is 24.4 Å². The summed E-state index contributed by atoms with van der Waals surface area (Å²) in [6.07, 6.45) is 5.87. The summed E-state index contributed by atoms with van der Waals surface area (Å²) in [5, 5.41) is 9.51. The Kier molecular flexibility index (Phi) is 7.13. The Morgan fingerprint density at radius 2 is 2.00 bits per heavy atom. The molecule has 2 rings (SSSR count). The molecule has 1 aromatic carbocycles. The number of hydrogen-bond acceptors (Lipinski definition) is 6. The van der Waals surface area contributed by atoms with E-state index in [1.807, 2.05) is 13.0 Å². The Balaban J connectivity index is 2.57. The number of nitrogens with two attached hydrogens (primary N) is 1. The van der Waals surface area contributed by atoms with Gasteiger partial charge in [0, 0.05) is 18.3 Å². The van der Waals surface area contributed by atoms with Gasteiger partial charge in [-0.05, 0) is 24.6 Å². The second-order valence-electron chi connectivity index (χ2n) is 6.10. The molecular weight excluding hydrogens is 392 g/mol. The highest BCUT2D eigenvalue weighted by Gasteiger charge is 2.15. The summed E-state index contributed by atoms with van der Waals surface area (Å²) in [4.78, 5) is 17.9. The van der Waals surface area contributed by atoms with Crippen LogP contribution < -0.4 is 25.9 Å². The van der Waals surface area contributed by atoms with E-state index in [9.17, 15) is 13.2 Å². The van der Waals surface area contributed by atoms with Crippen LogP contribution in [0, 0.1) is 0 Å². The monoisotopic (exact) mass is 416 g/mol. The standard InChI is InChI=1S/C20H24N4O4S/c1-5-17-18(10-14(2)28-4)23-11-19(22-3)20(17)24(13-25)12-15-6-8-16(9-7-15)29(21,26)27/h5-11,13,22H,2,12H2,1,3-4H3,(H2,21,26,27)/b17-5+,18-10+. The summed E-state index contributed by atoms with van der Waals surface area (Å²) in [5.74, 6) is 0.431. The molecule has 0 fully saturated rings. The van der Waals surface area contributed by atoms with Gasteiger partial charge in [0.15, 0.2) is 0 Å². The molecule has 0 saturated heterocycles. The third kappa shape index (κ3) is 5.21. The molecule has 0 radical (unpaired) electrons. The molecule has 1 heterocycles. The molecule has 154 valence electrons. The molecule has 2 aromatic rings. The zero-order valence-corrected chi connectivity index (χ0v) is 17.4. The maximum atomic E-state index is 12.0. The van der Waals surface area contributed by atoms with E-state index in [0.29, 0.717) is 28.9 Å². The summed E-state index contributed by atoms with van der Waals surface area (Å²) >= 11 is 0. The molecule has 0 spiro atoms. The highest BCUT2D eigenvalue weighted by atomic mass is 32.2. The number of methoxy groups -OCH3 is 1. The molecule has 0 aliphatic carbocycles. The maximum absolute atomic E-state index is 12.0. The Morgan fingerprint density at radius 1 is 1.34 bits per heavy atom. The van der Waals surface area contributed by atoms with Gasteiger partial charge in [-0.2, -0.15) is 0 Å². The Bertz CT molecular complexity index is 1130. The topological polar surface area (TPSA) is 115 Å². The summed E-state index contributed by atoms with van der Waals surface area (Å²) in [7, 11) is -0.526. The first-order chi connectivity index (χ1) is 13.7. The maximum Gasteiger partial charge on any atom is 0.238 e. The van der Waals surface area contributed by atoms with Gasteiger partial charge in [0.05, 0.1) is 41.5 Å². The number of ether oxygens (including phenoxy) is 1. The second-order valence-corrected chi connectivity index (χ2v) is 7.66. The average Bonchev–Trinajstić information content (AvgIpc) is 2.71. The number of aromatic nitrogens is 1. The third-order valence-corrected chi connectivity index (χ3v) is 5.19. The zero-order chi connectivity index (χ0) is 21.6. The number of pyridine rings is 1. The summed E-state index contributed by atoms with van der Waals surface area (Å²) in [6, 6.07) is 6.05. The van der Waals surface area contributed by atoms with E-state index in [0.717, 1.165) is 10.8 Å². The van der Waals surface area contributed by atoms with Crippen molar-refractivity contribution in [3.05, 3.63) is 58.9 Å². The van der Waals surface area contributed by atoms with Gasteiger partial charge in [-0.15, -0.1) is 0 Å². The Hall–Kier alpha value is -3.17. The van der Waals surface area contributed by atoms with Crippen LogP contribution in [0.5, 0.6) is 0 Å². The van der Waals surface area contributed by atoms with E-state index in [1.54, 1.807) is 31.5 Å². The van der Waals surface area contributed by atoms with Crippen LogP contribution >= 0.6 is 0 Å². The van der Waals surface area contributed by atoms with Crippen molar-refractivity contribution in [3.63, 3.8) is 0 Å². The van der Waals surface area contributed by atoms with Gasteiger partial charge in [-0.1, -0.05) is 24.8 Å². The smallest absolute Gasteiger partial charge is 0.238 e. The lowest BCUT2D eigenvalue weighted by Crippen LogP contribution is -2.37. The van der Waals surface area contributed by atoms with Crippen LogP contribution in [0.3, 0.4) is 0 Å². The number of nitrogens with one attached hydrogen (secondary N) is 1. The molecule has 0 atom stereocenters. The van der Waals surface area contributed by atoms with Crippen LogP contribution in [0.25, 0.3) is 12.2 Å². The fourth-order valence-corrected chi connectivity index (χ4v) is 3.30. The lowest BCUT2D eigenvalue weighted by atomic mass is 10.1. The summed E-state index contributed by atoms with van der Waals surface area (Å²) in [5.41, 5.74) is 2.02. The van der Waals surface area contributed by atoms with Crippen LogP contribution in [-0.2, 0) is 26.1 Å². The van der Waals surface area contributed by atoms with Crippen molar-refractivity contribution in [1.82, 2.24) is 4.98 Å². The molecule has 3 N–H and O–H groups in total. The minimum atomic E-state index is -3.78. The molecule has 1 aromatic heterocycles. The van der Waals surface area contributed by atoms with Gasteiger partial charge in [0.2, 0.25) is 16.4 Å². The highest BCUT2D eigenvalue weighted by Crippen LogP contribution is 2.21. The molecule has 0 bridgehead atoms. The minimum absolute atomic E-state index is 0.0104. The normalized spacial score (nSPS) is 12.6. The van der Waals surface area contributed by atoms with E-state index < -0.39 is 10.0 Å². The van der Waals surface area contributed by atoms with E-state index in [4.69, 9.17) is 9.88 Å². The number of carbonyl (C=O) groups excluding carboxylic acids is 1. The van der Waals surface area contributed by atoms with Gasteiger partial charge in [0.25, 0.3) is 0 Å². The van der Waals surface area contributed by atoms with Crippen molar-refractivity contribution < 1.29 is 17.9 Å². The Morgan fingerprint density at radius 3 is 2.48 bits per heavy atom. The van der Waals surface area contributed by atoms with Crippen molar-refractivity contribution in [2.45, 2.75) is 18.4 Å². The summed E-state index contributed by atoms with van der Waals surface area (Å²) < 4.78 is 28.0. The number of hydrogen-bond donors (Lipinski definition) is 2. The van der Waals surface area contributed by atoms with Gasteiger partial charge in [-0.25, -0.2) is 13.6 Å². The number of amides is 1. The predicted octanol–water partition coefficient (Wildman–Crippen LogP) is 0.675. The lowest BCUT2D eigenvalue weighted by molar-refractivity contribution is -0.107. The molecule has 0 unspecified atom stereocenters. The fraction of sp³-hybridized carbons (Fsp3) is 0.200. The second kappa shape index (κ2) is 9.35. The van der Waals surface area contributed by atoms with Crippen LogP contribution in [0.1, 0.15) is 12.5 Å². The van der Waals surface area contributed by atoms with Crippen LogP contribution in [0.2, 0.25) is 0 Å². The average molecular weight is 417 g/mol. The van der Waals surface area contributed by atoms with E-state index in [-0.39, 0.29) is 11.4 Å². The van der Waals surface area contributed by atoms with Gasteiger partial charge in [-0.3, -0.25) is 9.78 Å². The van der Waals surface area contributed by atoms with Gasteiger partial charge in [0.1, 0.15) is 5.76 Å². The predicted molar refractivity (Wildman–Crippen MR) is 114 cm³/mol. The first-order valence-corrected chi connectivity index (χ1v) is 10.2. The van der Waals surface area contributed by atoms with Crippen LogP contribution in [0.4, 0.5) is 11.4 Å². The first-order valence-electron chi connectivity index (χ1n) is 8.66. The largest absolute Gasteiger partial charge is 0.497 e. The number of sulfonamides is 1. The summed E-state index contributed by atoms with van der Waals surface area (Å²) in [6.45, 7) is 5.85. The number of benzene rings is 1. The molecule has 1 amide bonds. The first kappa shape index (κ1) is 22.1. The number of primary sulfonamides is 1. The van der Waals surface area contributed by atoms with Crippen molar-refractivity contribution >= 4 is 40.0 Å². The number of allylic oxidation sites excluding steroid dienone is 1. The zero-order valence-electron chi connectivity index (χ0n) is 16.5. The number of rotatable bonds is 8. The Labute approximate surface area is 170 Å². The van der Waals surface area contributed by atoms with E-state index >= 15 is 0 Å². The van der Waals surface area contributed by atoms with E-state index in [2.05, 4.69) is 16.9 Å². The molecular formula is C20H24N4O4S. The van der Waals surface area contributed by atoms with Crippen molar-refractivity contribution in [3.8, 4) is 0 Å². The van der Waals surface area contributed by atoms with Crippen molar-refractivity contribution in [1.29, 1.82) is 0 Å². The quantitative estimate of drug-likeness (QED) is 0.483. The number of carbonyl (C=O) groups is 1. The molecule has 0 aliphatic heterocycles. The minimum Gasteiger partial charge on any atom is -0.497 e.